The molecule has 7 heteroatoms. The molecular formula is C14H22N4O2S. The second-order valence-corrected chi connectivity index (χ2v) is 7.97. The van der Waals surface area contributed by atoms with E-state index in [1.165, 1.54) is 12.8 Å². The molecule has 0 saturated carbocycles. The van der Waals surface area contributed by atoms with E-state index in [1.807, 2.05) is 6.92 Å². The maximum atomic E-state index is 12.0. The van der Waals surface area contributed by atoms with Gasteiger partial charge in [-0.1, -0.05) is 0 Å². The van der Waals surface area contributed by atoms with Gasteiger partial charge in [-0.05, 0) is 26.7 Å². The van der Waals surface area contributed by atoms with E-state index < -0.39 is 10.0 Å². The number of nitrogens with zero attached hydrogens (tertiary/aromatic N) is 4. The summed E-state index contributed by atoms with van der Waals surface area (Å²) in [5, 5.41) is 0. The summed E-state index contributed by atoms with van der Waals surface area (Å²) in [4.78, 5) is 11.5. The first-order valence-electron chi connectivity index (χ1n) is 7.60. The van der Waals surface area contributed by atoms with Gasteiger partial charge in [0.05, 0.1) is 11.4 Å². The second kappa shape index (κ2) is 5.53. The van der Waals surface area contributed by atoms with Crippen molar-refractivity contribution in [3.63, 3.8) is 0 Å². The highest BCUT2D eigenvalue weighted by molar-refractivity contribution is 7.89. The van der Waals surface area contributed by atoms with Crippen LogP contribution >= 0.6 is 0 Å². The Morgan fingerprint density at radius 3 is 2.52 bits per heavy atom. The lowest BCUT2D eigenvalue weighted by Gasteiger charge is -2.29. The van der Waals surface area contributed by atoms with Crippen LogP contribution < -0.4 is 4.90 Å². The van der Waals surface area contributed by atoms with Gasteiger partial charge in [0.2, 0.25) is 16.0 Å². The highest BCUT2D eigenvalue weighted by Gasteiger charge is 2.28. The number of hydrogen-bond acceptors (Lipinski definition) is 5. The van der Waals surface area contributed by atoms with E-state index >= 15 is 0 Å². The standard InChI is InChI=1S/C14H22N4O2S/c1-3-21(19,20)18-9-6-13-12(10-18)11(2)15-14(16-13)17-7-4-5-8-17/h3-10H2,1-2H3. The summed E-state index contributed by atoms with van der Waals surface area (Å²) in [7, 11) is -3.14. The number of rotatable bonds is 3. The maximum absolute atomic E-state index is 12.0. The van der Waals surface area contributed by atoms with Crippen molar-refractivity contribution in [1.82, 2.24) is 14.3 Å². The largest absolute Gasteiger partial charge is 0.341 e. The zero-order valence-corrected chi connectivity index (χ0v) is 13.5. The average Bonchev–Trinajstić information content (AvgIpc) is 3.01. The lowest BCUT2D eigenvalue weighted by atomic mass is 10.1. The van der Waals surface area contributed by atoms with E-state index in [2.05, 4.69) is 9.88 Å². The van der Waals surface area contributed by atoms with Crippen molar-refractivity contribution in [1.29, 1.82) is 0 Å². The van der Waals surface area contributed by atoms with E-state index in [4.69, 9.17) is 4.98 Å². The molecule has 0 aromatic carbocycles. The van der Waals surface area contributed by atoms with Crippen molar-refractivity contribution >= 4 is 16.0 Å². The van der Waals surface area contributed by atoms with Crippen LogP contribution in [0.1, 0.15) is 36.7 Å². The van der Waals surface area contributed by atoms with Crippen molar-refractivity contribution in [3.8, 4) is 0 Å². The molecule has 1 saturated heterocycles. The molecule has 116 valence electrons. The molecule has 1 aromatic heterocycles. The zero-order valence-electron chi connectivity index (χ0n) is 12.7. The van der Waals surface area contributed by atoms with Crippen molar-refractivity contribution < 1.29 is 8.42 Å². The molecule has 21 heavy (non-hydrogen) atoms. The molecular weight excluding hydrogens is 288 g/mol. The van der Waals surface area contributed by atoms with Gasteiger partial charge in [0.15, 0.2) is 0 Å². The van der Waals surface area contributed by atoms with Crippen LogP contribution in [0.25, 0.3) is 0 Å². The minimum absolute atomic E-state index is 0.147. The summed E-state index contributed by atoms with van der Waals surface area (Å²) in [6, 6.07) is 0. The van der Waals surface area contributed by atoms with Crippen LogP contribution in [0.2, 0.25) is 0 Å². The number of sulfonamides is 1. The molecule has 1 aromatic rings. The van der Waals surface area contributed by atoms with Crippen LogP contribution in [0, 0.1) is 6.92 Å². The Morgan fingerprint density at radius 2 is 1.86 bits per heavy atom. The molecule has 0 aliphatic carbocycles. The molecule has 6 nitrogen and oxygen atoms in total. The van der Waals surface area contributed by atoms with E-state index in [1.54, 1.807) is 11.2 Å². The third-order valence-electron chi connectivity index (χ3n) is 4.37. The molecule has 2 aliphatic heterocycles. The molecule has 0 bridgehead atoms. The van der Waals surface area contributed by atoms with Crippen LogP contribution in [0.5, 0.6) is 0 Å². The number of aryl methyl sites for hydroxylation is 1. The van der Waals surface area contributed by atoms with Crippen molar-refractivity contribution in [2.24, 2.45) is 0 Å². The van der Waals surface area contributed by atoms with E-state index in [9.17, 15) is 8.42 Å². The number of anilines is 1. The van der Waals surface area contributed by atoms with Gasteiger partial charge in [-0.3, -0.25) is 0 Å². The first-order valence-corrected chi connectivity index (χ1v) is 9.21. The summed E-state index contributed by atoms with van der Waals surface area (Å²) >= 11 is 0. The van der Waals surface area contributed by atoms with Crippen molar-refractivity contribution in [3.05, 3.63) is 17.0 Å². The highest BCUT2D eigenvalue weighted by atomic mass is 32.2. The average molecular weight is 310 g/mol. The van der Waals surface area contributed by atoms with Gasteiger partial charge in [0.1, 0.15) is 0 Å². The van der Waals surface area contributed by atoms with Gasteiger partial charge in [0.25, 0.3) is 0 Å². The minimum Gasteiger partial charge on any atom is -0.341 e. The molecule has 0 radical (unpaired) electrons. The zero-order chi connectivity index (χ0) is 15.0. The third-order valence-corrected chi connectivity index (χ3v) is 6.20. The molecule has 3 rings (SSSR count). The lowest BCUT2D eigenvalue weighted by Crippen LogP contribution is -2.38. The Labute approximate surface area is 126 Å². The minimum atomic E-state index is -3.14. The van der Waals surface area contributed by atoms with Crippen molar-refractivity contribution in [2.75, 3.05) is 30.3 Å². The van der Waals surface area contributed by atoms with E-state index in [0.29, 0.717) is 19.5 Å². The molecule has 0 N–H and O–H groups in total. The Bertz CT molecular complexity index is 639. The summed E-state index contributed by atoms with van der Waals surface area (Å²) in [5.41, 5.74) is 2.92. The molecule has 0 atom stereocenters. The molecule has 0 amide bonds. The maximum Gasteiger partial charge on any atom is 0.225 e. The Hall–Kier alpha value is -1.21. The summed E-state index contributed by atoms with van der Waals surface area (Å²) in [6.07, 6.45) is 3.07. The van der Waals surface area contributed by atoms with Gasteiger partial charge in [0, 0.05) is 43.9 Å². The molecule has 3 heterocycles. The van der Waals surface area contributed by atoms with Gasteiger partial charge in [-0.25, -0.2) is 18.4 Å². The number of hydrogen-bond donors (Lipinski definition) is 0. The normalized spacial score (nSPS) is 19.8. The number of aromatic nitrogens is 2. The van der Waals surface area contributed by atoms with Gasteiger partial charge in [-0.15, -0.1) is 0 Å². The monoisotopic (exact) mass is 310 g/mol. The molecule has 0 spiro atoms. The Kier molecular flexibility index (Phi) is 3.88. The van der Waals surface area contributed by atoms with Crippen LogP contribution in [0.15, 0.2) is 0 Å². The Morgan fingerprint density at radius 1 is 1.14 bits per heavy atom. The molecule has 1 fully saturated rings. The van der Waals surface area contributed by atoms with Crippen molar-refractivity contribution in [2.45, 2.75) is 39.7 Å². The van der Waals surface area contributed by atoms with Gasteiger partial charge in [-0.2, -0.15) is 4.31 Å². The van der Waals surface area contributed by atoms with Crippen LogP contribution in [0.3, 0.4) is 0 Å². The topological polar surface area (TPSA) is 66.4 Å². The van der Waals surface area contributed by atoms with Crippen LogP contribution in [-0.4, -0.2) is 48.1 Å². The fraction of sp³-hybridized carbons (Fsp3) is 0.714. The smallest absolute Gasteiger partial charge is 0.225 e. The van der Waals surface area contributed by atoms with Gasteiger partial charge >= 0.3 is 0 Å². The van der Waals surface area contributed by atoms with Gasteiger partial charge < -0.3 is 4.90 Å². The highest BCUT2D eigenvalue weighted by Crippen LogP contribution is 2.25. The predicted octanol–water partition coefficient (Wildman–Crippen LogP) is 1.09. The van der Waals surface area contributed by atoms with E-state index in [-0.39, 0.29) is 5.75 Å². The third kappa shape index (κ3) is 2.76. The first-order chi connectivity index (χ1) is 10.0. The lowest BCUT2D eigenvalue weighted by molar-refractivity contribution is 0.386. The quantitative estimate of drug-likeness (QED) is 0.836. The molecule has 2 aliphatic rings. The summed E-state index contributed by atoms with van der Waals surface area (Å²) in [6.45, 7) is 6.63. The summed E-state index contributed by atoms with van der Waals surface area (Å²) < 4.78 is 25.6. The van der Waals surface area contributed by atoms with E-state index in [0.717, 1.165) is 36.0 Å². The SMILES string of the molecule is CCS(=O)(=O)N1CCc2nc(N3CCCC3)nc(C)c2C1. The Balaban J connectivity index is 1.90. The van der Waals surface area contributed by atoms with Crippen LogP contribution in [0.4, 0.5) is 5.95 Å². The van der Waals surface area contributed by atoms with Crippen LogP contribution in [-0.2, 0) is 23.0 Å². The second-order valence-electron chi connectivity index (χ2n) is 5.71. The molecule has 0 unspecified atom stereocenters. The fourth-order valence-electron chi connectivity index (χ4n) is 3.02. The first kappa shape index (κ1) is 14.7. The summed E-state index contributed by atoms with van der Waals surface area (Å²) in [5.74, 6) is 0.962. The number of fused-ring (bicyclic) bond motifs is 1. The predicted molar refractivity (Wildman–Crippen MR) is 81.8 cm³/mol. The fourth-order valence-corrected chi connectivity index (χ4v) is 4.08.